The Morgan fingerprint density at radius 3 is 2.32 bits per heavy atom. The Labute approximate surface area is 110 Å². The van der Waals surface area contributed by atoms with E-state index in [0.717, 1.165) is 0 Å². The number of alkyl carbamates (subject to hydrolysis) is 1. The van der Waals surface area contributed by atoms with Crippen LogP contribution >= 0.6 is 0 Å². The van der Waals surface area contributed by atoms with Gasteiger partial charge in [-0.2, -0.15) is 0 Å². The first-order valence-electron chi connectivity index (χ1n) is 6.08. The quantitative estimate of drug-likeness (QED) is 0.828. The van der Waals surface area contributed by atoms with Crippen LogP contribution in [-0.2, 0) is 9.53 Å². The predicted molar refractivity (Wildman–Crippen MR) is 63.1 cm³/mol. The first kappa shape index (κ1) is 15.7. The van der Waals surface area contributed by atoms with Crippen LogP contribution in [0.15, 0.2) is 0 Å². The molecular formula is C12H19F2NO4. The van der Waals surface area contributed by atoms with Crippen molar-refractivity contribution in [3.8, 4) is 0 Å². The van der Waals surface area contributed by atoms with Crippen molar-refractivity contribution in [3.05, 3.63) is 0 Å². The Morgan fingerprint density at radius 1 is 1.42 bits per heavy atom. The first-order valence-corrected chi connectivity index (χ1v) is 6.08. The number of nitrogens with one attached hydrogen (secondary N) is 1. The summed E-state index contributed by atoms with van der Waals surface area (Å²) in [7, 11) is 0. The predicted octanol–water partition coefficient (Wildman–Crippen LogP) is 2.40. The molecular weight excluding hydrogens is 260 g/mol. The van der Waals surface area contributed by atoms with Crippen LogP contribution in [0.2, 0.25) is 0 Å². The van der Waals surface area contributed by atoms with Crippen molar-refractivity contribution in [2.45, 2.75) is 57.6 Å². The molecule has 0 aliphatic heterocycles. The average Bonchev–Trinajstić information content (AvgIpc) is 2.08. The zero-order valence-corrected chi connectivity index (χ0v) is 11.2. The Hall–Kier alpha value is -1.40. The van der Waals surface area contributed by atoms with Crippen LogP contribution in [0.25, 0.3) is 0 Å². The summed E-state index contributed by atoms with van der Waals surface area (Å²) in [5, 5.41) is 11.1. The second-order valence-electron chi connectivity index (χ2n) is 5.87. The van der Waals surface area contributed by atoms with Crippen LogP contribution in [0.5, 0.6) is 0 Å². The zero-order valence-electron chi connectivity index (χ0n) is 11.2. The van der Waals surface area contributed by atoms with Gasteiger partial charge in [0.05, 0.1) is 6.42 Å². The molecule has 0 bridgehead atoms. The third kappa shape index (κ3) is 5.40. The van der Waals surface area contributed by atoms with Gasteiger partial charge in [-0.1, -0.05) is 0 Å². The summed E-state index contributed by atoms with van der Waals surface area (Å²) in [5.41, 5.74) is -0.721. The van der Waals surface area contributed by atoms with Gasteiger partial charge in [-0.15, -0.1) is 0 Å². The Balaban J connectivity index is 2.56. The molecule has 1 rings (SSSR count). The molecule has 1 fully saturated rings. The maximum atomic E-state index is 12.8. The van der Waals surface area contributed by atoms with E-state index in [2.05, 4.69) is 5.32 Å². The molecule has 0 unspecified atom stereocenters. The second-order valence-corrected chi connectivity index (χ2v) is 5.87. The smallest absolute Gasteiger partial charge is 0.407 e. The Kier molecular flexibility index (Phi) is 4.37. The molecule has 0 spiro atoms. The van der Waals surface area contributed by atoms with Crippen LogP contribution in [0.3, 0.4) is 0 Å². The van der Waals surface area contributed by atoms with Gasteiger partial charge in [0.15, 0.2) is 0 Å². The van der Waals surface area contributed by atoms with E-state index in [0.29, 0.717) is 0 Å². The van der Waals surface area contributed by atoms with E-state index in [1.54, 1.807) is 20.8 Å². The molecule has 0 aromatic rings. The highest BCUT2D eigenvalue weighted by atomic mass is 19.3. The number of carboxylic acid groups (broad SMARTS) is 1. The van der Waals surface area contributed by atoms with Gasteiger partial charge in [-0.25, -0.2) is 13.6 Å². The highest BCUT2D eigenvalue weighted by molar-refractivity contribution is 5.71. The summed E-state index contributed by atoms with van der Waals surface area (Å²) in [6.45, 7) is 4.99. The highest BCUT2D eigenvalue weighted by Crippen LogP contribution is 2.44. The molecule has 5 nitrogen and oxygen atoms in total. The van der Waals surface area contributed by atoms with E-state index in [4.69, 9.17) is 9.84 Å². The van der Waals surface area contributed by atoms with E-state index < -0.39 is 48.4 Å². The number of carboxylic acids is 1. The van der Waals surface area contributed by atoms with E-state index >= 15 is 0 Å². The topological polar surface area (TPSA) is 75.6 Å². The number of aliphatic carboxylic acids is 1. The number of ether oxygens (including phenoxy) is 1. The minimum atomic E-state index is -2.75. The molecule has 0 radical (unpaired) electrons. The third-order valence-electron chi connectivity index (χ3n) is 2.79. The minimum absolute atomic E-state index is 0.389. The average molecular weight is 279 g/mol. The van der Waals surface area contributed by atoms with Gasteiger partial charge in [-0.05, 0) is 26.7 Å². The monoisotopic (exact) mass is 279 g/mol. The number of alkyl halides is 2. The van der Waals surface area contributed by atoms with E-state index in [1.807, 2.05) is 0 Å². The molecule has 2 N–H and O–H groups in total. The van der Waals surface area contributed by atoms with Crippen molar-refractivity contribution in [1.29, 1.82) is 0 Å². The van der Waals surface area contributed by atoms with Crippen LogP contribution in [0.1, 0.15) is 40.0 Å². The largest absolute Gasteiger partial charge is 0.481 e. The van der Waals surface area contributed by atoms with Crippen molar-refractivity contribution in [2.75, 3.05) is 0 Å². The third-order valence-corrected chi connectivity index (χ3v) is 2.79. The number of carbonyl (C=O) groups is 2. The van der Waals surface area contributed by atoms with Crippen LogP contribution in [0.4, 0.5) is 13.6 Å². The Bertz CT molecular complexity index is 357. The lowest BCUT2D eigenvalue weighted by atomic mass is 9.75. The van der Waals surface area contributed by atoms with Gasteiger partial charge >= 0.3 is 12.1 Å². The molecule has 19 heavy (non-hydrogen) atoms. The molecule has 0 heterocycles. The van der Waals surface area contributed by atoms with E-state index in [1.165, 1.54) is 0 Å². The van der Waals surface area contributed by atoms with Crippen molar-refractivity contribution in [3.63, 3.8) is 0 Å². The summed E-state index contributed by atoms with van der Waals surface area (Å²) >= 11 is 0. The molecule has 0 saturated heterocycles. The molecule has 110 valence electrons. The lowest BCUT2D eigenvalue weighted by Gasteiger charge is -2.39. The number of rotatable bonds is 4. The van der Waals surface area contributed by atoms with Crippen molar-refractivity contribution < 1.29 is 28.2 Å². The number of halogens is 2. The van der Waals surface area contributed by atoms with Crippen LogP contribution in [0, 0.1) is 5.92 Å². The van der Waals surface area contributed by atoms with Gasteiger partial charge in [0.25, 0.3) is 0 Å². The highest BCUT2D eigenvalue weighted by Gasteiger charge is 2.49. The molecule has 1 aliphatic carbocycles. The van der Waals surface area contributed by atoms with Gasteiger partial charge in [0.2, 0.25) is 5.92 Å². The first-order chi connectivity index (χ1) is 8.48. The molecule has 1 amide bonds. The molecule has 1 atom stereocenters. The fourth-order valence-electron chi connectivity index (χ4n) is 1.97. The molecule has 0 aromatic heterocycles. The van der Waals surface area contributed by atoms with Crippen LogP contribution in [-0.4, -0.2) is 34.7 Å². The van der Waals surface area contributed by atoms with Crippen LogP contribution < -0.4 is 5.32 Å². The fourth-order valence-corrected chi connectivity index (χ4v) is 1.97. The normalized spacial score (nSPS) is 20.3. The van der Waals surface area contributed by atoms with Crippen molar-refractivity contribution in [2.24, 2.45) is 5.92 Å². The summed E-state index contributed by atoms with van der Waals surface area (Å²) in [6, 6.07) is -0.827. The summed E-state index contributed by atoms with van der Waals surface area (Å²) < 4.78 is 30.6. The van der Waals surface area contributed by atoms with Gasteiger partial charge in [0, 0.05) is 18.9 Å². The summed E-state index contributed by atoms with van der Waals surface area (Å²) in [4.78, 5) is 22.2. The lowest BCUT2D eigenvalue weighted by molar-refractivity contribution is -0.143. The number of hydrogen-bond acceptors (Lipinski definition) is 3. The summed E-state index contributed by atoms with van der Waals surface area (Å²) in [6.07, 6.45) is -1.98. The second kappa shape index (κ2) is 5.30. The maximum Gasteiger partial charge on any atom is 0.407 e. The van der Waals surface area contributed by atoms with Gasteiger partial charge in [0.1, 0.15) is 5.60 Å². The number of amides is 1. The zero-order chi connectivity index (χ0) is 14.8. The fraction of sp³-hybridized carbons (Fsp3) is 0.833. The standard InChI is InChI=1S/C12H19F2NO4/c1-11(2,3)19-10(18)15-8(4-9(16)17)7-5-12(13,14)6-7/h7-8H,4-6H2,1-3H3,(H,15,18)(H,16,17)/t8-/m0/s1. The number of hydrogen-bond donors (Lipinski definition) is 2. The van der Waals surface area contributed by atoms with E-state index in [9.17, 15) is 18.4 Å². The molecule has 0 aromatic carbocycles. The van der Waals surface area contributed by atoms with Gasteiger partial charge < -0.3 is 15.2 Å². The van der Waals surface area contributed by atoms with Crippen molar-refractivity contribution in [1.82, 2.24) is 5.32 Å². The summed E-state index contributed by atoms with van der Waals surface area (Å²) in [5.74, 6) is -4.42. The Morgan fingerprint density at radius 2 is 1.95 bits per heavy atom. The van der Waals surface area contributed by atoms with Gasteiger partial charge in [-0.3, -0.25) is 4.79 Å². The lowest BCUT2D eigenvalue weighted by Crippen LogP contribution is -2.51. The maximum absolute atomic E-state index is 12.8. The minimum Gasteiger partial charge on any atom is -0.481 e. The molecule has 1 aliphatic rings. The molecule has 1 saturated carbocycles. The molecule has 7 heteroatoms. The number of carbonyl (C=O) groups excluding carboxylic acids is 1. The SMILES string of the molecule is CC(C)(C)OC(=O)N[C@@H](CC(=O)O)C1CC(F)(F)C1. The van der Waals surface area contributed by atoms with E-state index in [-0.39, 0.29) is 6.42 Å². The van der Waals surface area contributed by atoms with Crippen molar-refractivity contribution >= 4 is 12.1 Å².